The highest BCUT2D eigenvalue weighted by molar-refractivity contribution is 7.98. The van der Waals surface area contributed by atoms with Gasteiger partial charge in [-0.3, -0.25) is 24.0 Å². The number of thioether (sulfide) groups is 1. The van der Waals surface area contributed by atoms with E-state index in [-0.39, 0.29) is 42.6 Å². The van der Waals surface area contributed by atoms with Gasteiger partial charge in [-0.2, -0.15) is 0 Å². The standard InChI is InChI=1S/C47H74ClN5O11S/c1-15-28(5)39(44(58)59)51-38(54)25-52(12)43(57)35(24-33-18-20-34(48)21-19-33)53(13)42(56)32(9)50-41(55)37(23-27(3)4)63-45(60)30(7)17-22-36(62-26-65-14)31(8)40(29(6)16-2)64-46(61)47(10,11)49/h16-21,27-28,31-32,35-37,39-40H,15,22-26,49H2,1-14H3,(H,50,55)(H,51,54)(H,58,59)/b29-16+,30-17+. The SMILES string of the molecule is C/C=C(\C)C(OC(=O)C(C)(C)N)C(C)C(C/C=C(\C)C(=O)OC(CC(C)C)C(=O)NC(C)C(=O)N(C)C(Cc1ccc(Cl)cc1)C(=O)N(C)CC(=O)NC(C(=O)O)C(C)CC)OCSC. The molecule has 0 saturated carbocycles. The lowest BCUT2D eigenvalue weighted by Crippen LogP contribution is -2.56. The molecule has 16 nitrogen and oxygen atoms in total. The normalized spacial score (nSPS) is 15.9. The van der Waals surface area contributed by atoms with E-state index in [2.05, 4.69) is 10.6 Å². The number of nitrogens with zero attached hydrogens (tertiary/aromatic N) is 2. The third-order valence-corrected chi connectivity index (χ3v) is 11.7. The molecule has 0 radical (unpaired) electrons. The van der Waals surface area contributed by atoms with Crippen molar-refractivity contribution in [2.24, 2.45) is 23.5 Å². The number of hydrogen-bond acceptors (Lipinski definition) is 12. The van der Waals surface area contributed by atoms with Crippen LogP contribution in [0.3, 0.4) is 0 Å². The van der Waals surface area contributed by atoms with Crippen molar-refractivity contribution in [3.63, 3.8) is 0 Å². The smallest absolute Gasteiger partial charge is 0.334 e. The van der Waals surface area contributed by atoms with Crippen LogP contribution in [0.25, 0.3) is 0 Å². The van der Waals surface area contributed by atoms with Crippen molar-refractivity contribution in [2.45, 2.75) is 144 Å². The van der Waals surface area contributed by atoms with Crippen molar-refractivity contribution >= 4 is 64.9 Å². The summed E-state index contributed by atoms with van der Waals surface area (Å²) in [6.07, 6.45) is 3.85. The summed E-state index contributed by atoms with van der Waals surface area (Å²) in [5.41, 5.74) is 6.47. The Hall–Kier alpha value is -4.45. The molecule has 366 valence electrons. The fraction of sp³-hybridized carbons (Fsp3) is 0.638. The quantitative estimate of drug-likeness (QED) is 0.0369. The number of benzene rings is 1. The van der Waals surface area contributed by atoms with Crippen molar-refractivity contribution in [1.29, 1.82) is 0 Å². The molecule has 0 aromatic heterocycles. The number of carboxylic acids is 1. The average molecular weight is 953 g/mol. The first-order chi connectivity index (χ1) is 30.2. The van der Waals surface area contributed by atoms with Crippen molar-refractivity contribution < 1.29 is 52.9 Å². The minimum atomic E-state index is -1.28. The van der Waals surface area contributed by atoms with E-state index in [9.17, 15) is 38.7 Å². The highest BCUT2D eigenvalue weighted by atomic mass is 35.5. The van der Waals surface area contributed by atoms with Crippen molar-refractivity contribution in [2.75, 3.05) is 32.8 Å². The molecule has 1 aromatic rings. The van der Waals surface area contributed by atoms with Gasteiger partial charge >= 0.3 is 17.9 Å². The van der Waals surface area contributed by atoms with Gasteiger partial charge in [0.05, 0.1) is 18.6 Å². The maximum atomic E-state index is 14.0. The van der Waals surface area contributed by atoms with E-state index in [0.29, 0.717) is 22.9 Å². The largest absolute Gasteiger partial charge is 0.480 e. The number of ether oxygens (including phenoxy) is 3. The Bertz CT molecular complexity index is 1830. The van der Waals surface area contributed by atoms with E-state index in [0.717, 1.165) is 10.5 Å². The van der Waals surface area contributed by atoms with Gasteiger partial charge in [0.15, 0.2) is 6.10 Å². The highest BCUT2D eigenvalue weighted by Gasteiger charge is 2.37. The summed E-state index contributed by atoms with van der Waals surface area (Å²) in [6, 6.07) is 3.16. The van der Waals surface area contributed by atoms with Gasteiger partial charge in [-0.05, 0) is 95.7 Å². The predicted octanol–water partition coefficient (Wildman–Crippen LogP) is 5.54. The van der Waals surface area contributed by atoms with Crippen LogP contribution in [-0.2, 0) is 54.2 Å². The number of rotatable bonds is 27. The van der Waals surface area contributed by atoms with E-state index in [4.69, 9.17) is 31.5 Å². The molecule has 0 saturated heterocycles. The van der Waals surface area contributed by atoms with Crippen LogP contribution in [0.5, 0.6) is 0 Å². The van der Waals surface area contributed by atoms with Gasteiger partial charge in [0, 0.05) is 37.0 Å². The molecule has 1 aromatic carbocycles. The van der Waals surface area contributed by atoms with Gasteiger partial charge in [0.25, 0.3) is 5.91 Å². The van der Waals surface area contributed by atoms with Crippen LogP contribution in [-0.4, -0.2) is 131 Å². The zero-order valence-corrected chi connectivity index (χ0v) is 42.3. The van der Waals surface area contributed by atoms with Gasteiger partial charge in [0.1, 0.15) is 29.8 Å². The first kappa shape index (κ1) is 58.6. The number of amides is 4. The molecule has 0 aliphatic rings. The Morgan fingerprint density at radius 3 is 2.06 bits per heavy atom. The molecule has 0 fully saturated rings. The number of aliphatic carboxylic acids is 1. The van der Waals surface area contributed by atoms with Crippen LogP contribution >= 0.6 is 23.4 Å². The second kappa shape index (κ2) is 27.9. The summed E-state index contributed by atoms with van der Waals surface area (Å²) < 4.78 is 17.8. The third-order valence-electron chi connectivity index (χ3n) is 11.1. The predicted molar refractivity (Wildman–Crippen MR) is 254 cm³/mol. The fourth-order valence-corrected chi connectivity index (χ4v) is 7.01. The Morgan fingerprint density at radius 2 is 1.55 bits per heavy atom. The molecule has 5 N–H and O–H groups in total. The van der Waals surface area contributed by atoms with Gasteiger partial charge in [-0.1, -0.05) is 76.9 Å². The average Bonchev–Trinajstić information content (AvgIpc) is 3.24. The number of likely N-dealkylation sites (N-methyl/N-ethyl adjacent to an activating group) is 2. The first-order valence-electron chi connectivity index (χ1n) is 21.9. The van der Waals surface area contributed by atoms with E-state index in [1.165, 1.54) is 37.7 Å². The molecule has 65 heavy (non-hydrogen) atoms. The minimum Gasteiger partial charge on any atom is -0.480 e. The molecule has 0 bridgehead atoms. The molecule has 8 unspecified atom stereocenters. The number of carboxylic acid groups (broad SMARTS) is 1. The maximum Gasteiger partial charge on any atom is 0.334 e. The van der Waals surface area contributed by atoms with Crippen LogP contribution in [0.15, 0.2) is 47.6 Å². The monoisotopic (exact) mass is 951 g/mol. The molecule has 0 spiro atoms. The molecule has 4 amide bonds. The van der Waals surface area contributed by atoms with Crippen LogP contribution < -0.4 is 16.4 Å². The summed E-state index contributed by atoms with van der Waals surface area (Å²) >= 11 is 7.57. The Kier molecular flexibility index (Phi) is 25.1. The van der Waals surface area contributed by atoms with E-state index in [1.807, 2.05) is 47.0 Å². The number of nitrogens with two attached hydrogens (primary N) is 1. The van der Waals surface area contributed by atoms with Crippen LogP contribution in [0.4, 0.5) is 0 Å². The number of esters is 2. The van der Waals surface area contributed by atoms with Crippen molar-refractivity contribution in [1.82, 2.24) is 20.4 Å². The second-order valence-electron chi connectivity index (χ2n) is 17.7. The second-order valence-corrected chi connectivity index (χ2v) is 18.9. The van der Waals surface area contributed by atoms with E-state index < -0.39 is 90.1 Å². The van der Waals surface area contributed by atoms with Crippen molar-refractivity contribution in [3.05, 3.63) is 58.1 Å². The van der Waals surface area contributed by atoms with E-state index >= 15 is 0 Å². The van der Waals surface area contributed by atoms with Gasteiger partial charge in [-0.15, -0.1) is 11.8 Å². The number of halogens is 1. The highest BCUT2D eigenvalue weighted by Crippen LogP contribution is 2.27. The topological polar surface area (TPSA) is 224 Å². The summed E-state index contributed by atoms with van der Waals surface area (Å²) in [6.45, 7) is 18.4. The third kappa shape index (κ3) is 19.5. The fourth-order valence-electron chi connectivity index (χ4n) is 6.58. The summed E-state index contributed by atoms with van der Waals surface area (Å²) in [7, 11) is 2.78. The molecular formula is C47H74ClN5O11S. The lowest BCUT2D eigenvalue weighted by atomic mass is 9.90. The molecule has 8 atom stereocenters. The van der Waals surface area contributed by atoms with Crippen LogP contribution in [0.1, 0.15) is 101 Å². The maximum absolute atomic E-state index is 14.0. The number of carbonyl (C=O) groups excluding carboxylic acids is 6. The molecule has 0 aliphatic heterocycles. The Balaban J connectivity index is 3.32. The van der Waals surface area contributed by atoms with Gasteiger partial charge < -0.3 is 45.5 Å². The number of carbonyl (C=O) groups is 7. The van der Waals surface area contributed by atoms with E-state index in [1.54, 1.807) is 65.0 Å². The minimum absolute atomic E-state index is 0.0171. The zero-order chi connectivity index (χ0) is 49.9. The van der Waals surface area contributed by atoms with Crippen molar-refractivity contribution in [3.8, 4) is 0 Å². The van der Waals surface area contributed by atoms with Crippen LogP contribution in [0.2, 0.25) is 5.02 Å². The molecule has 18 heteroatoms. The summed E-state index contributed by atoms with van der Waals surface area (Å²) in [5.74, 6) is -5.67. The number of nitrogens with one attached hydrogen (secondary N) is 2. The van der Waals surface area contributed by atoms with Gasteiger partial charge in [0.2, 0.25) is 17.7 Å². The number of hydrogen-bond donors (Lipinski definition) is 4. The molecule has 1 rings (SSSR count). The van der Waals surface area contributed by atoms with Gasteiger partial charge in [-0.25, -0.2) is 9.59 Å². The molecule has 0 aliphatic carbocycles. The first-order valence-corrected chi connectivity index (χ1v) is 23.7. The summed E-state index contributed by atoms with van der Waals surface area (Å²) in [5, 5.41) is 15.3. The van der Waals surface area contributed by atoms with Crippen LogP contribution in [0, 0.1) is 17.8 Å². The Morgan fingerprint density at radius 1 is 0.954 bits per heavy atom. The Labute approximate surface area is 395 Å². The lowest BCUT2D eigenvalue weighted by molar-refractivity contribution is -0.157. The number of allylic oxidation sites excluding steroid dienone is 1. The molecular weight excluding hydrogens is 878 g/mol. The molecule has 0 heterocycles. The lowest BCUT2D eigenvalue weighted by Gasteiger charge is -2.33. The zero-order valence-electron chi connectivity index (χ0n) is 40.7. The summed E-state index contributed by atoms with van der Waals surface area (Å²) in [4.78, 5) is 95.3.